The van der Waals surface area contributed by atoms with Crippen LogP contribution in [0.4, 0.5) is 0 Å². The zero-order valence-corrected chi connectivity index (χ0v) is 14.4. The third-order valence-corrected chi connectivity index (χ3v) is 3.41. The number of aromatic nitrogens is 1. The van der Waals surface area contributed by atoms with E-state index in [1.807, 2.05) is 6.07 Å². The van der Waals surface area contributed by atoms with Crippen molar-refractivity contribution in [2.24, 2.45) is 0 Å². The van der Waals surface area contributed by atoms with Gasteiger partial charge in [-0.3, -0.25) is 9.59 Å². The summed E-state index contributed by atoms with van der Waals surface area (Å²) in [7, 11) is 0. The highest BCUT2D eigenvalue weighted by molar-refractivity contribution is 6.08. The molecule has 0 unspecified atom stereocenters. The monoisotopic (exact) mass is 365 g/mol. The molecule has 0 aliphatic heterocycles. The molecule has 0 radical (unpaired) electrons. The van der Waals surface area contributed by atoms with Gasteiger partial charge >= 0.3 is 0 Å². The number of aromatic hydroxyl groups is 1. The Morgan fingerprint density at radius 3 is 2.70 bits per heavy atom. The number of allylic oxidation sites excluding steroid dienone is 1. The molecule has 0 aliphatic rings. The van der Waals surface area contributed by atoms with Gasteiger partial charge in [-0.05, 0) is 30.7 Å². The molecule has 0 fully saturated rings. The van der Waals surface area contributed by atoms with E-state index in [2.05, 4.69) is 0 Å². The molecule has 27 heavy (non-hydrogen) atoms. The largest absolute Gasteiger partial charge is 0.507 e. The third kappa shape index (κ3) is 4.74. The fraction of sp³-hybridized carbons (Fsp3) is 0.158. The number of ether oxygens (including phenoxy) is 1. The smallest absolute Gasteiger partial charge is 0.298 e. The number of ketones is 1. The number of rotatable bonds is 7. The molecular weight excluding hydrogens is 350 g/mol. The average Bonchev–Trinajstić information content (AvgIpc) is 2.64. The lowest BCUT2D eigenvalue weighted by molar-refractivity contribution is 0.102. The van der Waals surface area contributed by atoms with Gasteiger partial charge in [0.15, 0.2) is 12.4 Å². The number of hydrogen-bond acceptors (Lipinski definition) is 7. The van der Waals surface area contributed by atoms with E-state index in [0.29, 0.717) is 11.3 Å². The lowest BCUT2D eigenvalue weighted by Crippen LogP contribution is -2.32. The van der Waals surface area contributed by atoms with E-state index in [1.54, 1.807) is 30.3 Å². The summed E-state index contributed by atoms with van der Waals surface area (Å²) >= 11 is 0. The van der Waals surface area contributed by atoms with Crippen LogP contribution in [0.5, 0.6) is 11.5 Å². The molecule has 0 aliphatic carbocycles. The van der Waals surface area contributed by atoms with Gasteiger partial charge in [0.05, 0.1) is 5.69 Å². The van der Waals surface area contributed by atoms with Gasteiger partial charge < -0.3 is 14.7 Å². The summed E-state index contributed by atoms with van der Waals surface area (Å²) in [5.74, 6) is -0.748. The minimum Gasteiger partial charge on any atom is -0.507 e. The molecule has 1 aromatic carbocycles. The predicted molar refractivity (Wildman–Crippen MR) is 95.1 cm³/mol. The van der Waals surface area contributed by atoms with Gasteiger partial charge in [-0.1, -0.05) is 18.2 Å². The molecule has 1 heterocycles. The van der Waals surface area contributed by atoms with Crippen LogP contribution < -0.4 is 15.1 Å². The van der Waals surface area contributed by atoms with Crippen molar-refractivity contribution in [2.75, 3.05) is 13.2 Å². The number of benzene rings is 1. The third-order valence-electron chi connectivity index (χ3n) is 3.41. The van der Waals surface area contributed by atoms with Crippen molar-refractivity contribution < 1.29 is 19.5 Å². The number of carbonyl (C=O) groups is 1. The Balaban J connectivity index is 2.31. The van der Waals surface area contributed by atoms with E-state index in [9.17, 15) is 14.7 Å². The molecule has 2 rings (SSSR count). The summed E-state index contributed by atoms with van der Waals surface area (Å²) < 4.78 is 5.97. The second-order valence-electron chi connectivity index (χ2n) is 5.29. The van der Waals surface area contributed by atoms with Crippen LogP contribution in [-0.2, 0) is 0 Å². The normalized spacial score (nSPS) is 10.2. The van der Waals surface area contributed by atoms with E-state index in [0.717, 1.165) is 10.8 Å². The number of nitrogens with zero attached hydrogens (tertiary/aromatic N) is 3. The standard InChI is InChI=1S/C19H15N3O5/c1-13-11-17(24)18(19(25)22(13)27-10-8-21)16(23)6-5-14-3-2-4-15(12-14)26-9-7-20/h2-6,11-12,24H,9-10H2,1H3. The summed E-state index contributed by atoms with van der Waals surface area (Å²) in [5.41, 5.74) is -0.475. The minimum atomic E-state index is -0.858. The van der Waals surface area contributed by atoms with Gasteiger partial charge in [0.25, 0.3) is 5.56 Å². The maximum absolute atomic E-state index is 12.4. The van der Waals surface area contributed by atoms with Crippen molar-refractivity contribution in [3.8, 4) is 23.6 Å². The number of nitriles is 2. The molecule has 8 nitrogen and oxygen atoms in total. The number of carbonyl (C=O) groups excluding carboxylic acids is 1. The Morgan fingerprint density at radius 1 is 1.26 bits per heavy atom. The molecule has 1 aromatic heterocycles. The first-order valence-corrected chi connectivity index (χ1v) is 7.76. The highest BCUT2D eigenvalue weighted by atomic mass is 16.7. The van der Waals surface area contributed by atoms with Gasteiger partial charge in [-0.25, -0.2) is 0 Å². The van der Waals surface area contributed by atoms with Gasteiger partial charge in [-0.15, -0.1) is 4.73 Å². The second-order valence-corrected chi connectivity index (χ2v) is 5.29. The first-order chi connectivity index (χ1) is 13.0. The molecule has 136 valence electrons. The van der Waals surface area contributed by atoms with Gasteiger partial charge in [-0.2, -0.15) is 10.5 Å². The van der Waals surface area contributed by atoms with Crippen LogP contribution in [0.1, 0.15) is 21.6 Å². The van der Waals surface area contributed by atoms with Crippen molar-refractivity contribution in [3.05, 3.63) is 63.6 Å². The molecule has 2 aromatic rings. The summed E-state index contributed by atoms with van der Waals surface area (Å²) in [5, 5.41) is 27.1. The molecule has 0 atom stereocenters. The van der Waals surface area contributed by atoms with E-state index in [4.69, 9.17) is 20.1 Å². The van der Waals surface area contributed by atoms with Crippen molar-refractivity contribution in [2.45, 2.75) is 6.92 Å². The summed E-state index contributed by atoms with van der Waals surface area (Å²) in [6.07, 6.45) is 2.57. The Labute approximate surface area is 154 Å². The average molecular weight is 365 g/mol. The maximum Gasteiger partial charge on any atom is 0.298 e. The highest BCUT2D eigenvalue weighted by Gasteiger charge is 2.18. The molecule has 0 amide bonds. The van der Waals surface area contributed by atoms with Crippen LogP contribution in [-0.4, -0.2) is 28.8 Å². The van der Waals surface area contributed by atoms with Gasteiger partial charge in [0.2, 0.25) is 6.61 Å². The molecule has 0 saturated heterocycles. The summed E-state index contributed by atoms with van der Waals surface area (Å²) in [6, 6.07) is 11.4. The lowest BCUT2D eigenvalue weighted by atomic mass is 10.1. The van der Waals surface area contributed by atoms with Crippen molar-refractivity contribution in [1.29, 1.82) is 10.5 Å². The van der Waals surface area contributed by atoms with E-state index < -0.39 is 22.7 Å². The van der Waals surface area contributed by atoms with Gasteiger partial charge in [0, 0.05) is 6.07 Å². The number of aryl methyl sites for hydroxylation is 1. The number of pyridine rings is 1. The van der Waals surface area contributed by atoms with Crippen molar-refractivity contribution >= 4 is 11.9 Å². The Bertz CT molecular complexity index is 1030. The van der Waals surface area contributed by atoms with Crippen LogP contribution in [0.25, 0.3) is 6.08 Å². The Morgan fingerprint density at radius 2 is 2.00 bits per heavy atom. The molecule has 0 spiro atoms. The van der Waals surface area contributed by atoms with Gasteiger partial charge in [0.1, 0.15) is 29.2 Å². The van der Waals surface area contributed by atoms with Crippen LogP contribution in [0, 0.1) is 29.6 Å². The predicted octanol–water partition coefficient (Wildman–Crippen LogP) is 1.61. The lowest BCUT2D eigenvalue weighted by Gasteiger charge is -2.11. The summed E-state index contributed by atoms with van der Waals surface area (Å²) in [4.78, 5) is 29.8. The number of hydrogen-bond donors (Lipinski definition) is 1. The summed E-state index contributed by atoms with van der Waals surface area (Å²) in [6.45, 7) is 1.01. The first kappa shape index (κ1) is 19.3. The fourth-order valence-electron chi connectivity index (χ4n) is 2.26. The van der Waals surface area contributed by atoms with E-state index >= 15 is 0 Å². The fourth-order valence-corrected chi connectivity index (χ4v) is 2.26. The molecule has 0 saturated carbocycles. The molecule has 1 N–H and O–H groups in total. The van der Waals surface area contributed by atoms with E-state index in [-0.39, 0.29) is 18.9 Å². The SMILES string of the molecule is Cc1cc(O)c(C(=O)C=Cc2cccc(OCC#N)c2)c(=O)n1OCC#N. The zero-order chi connectivity index (χ0) is 19.8. The quantitative estimate of drug-likeness (QED) is 0.583. The van der Waals surface area contributed by atoms with Crippen LogP contribution in [0.15, 0.2) is 41.2 Å². The van der Waals surface area contributed by atoms with Crippen LogP contribution in [0.2, 0.25) is 0 Å². The molecule has 8 heteroatoms. The van der Waals surface area contributed by atoms with E-state index in [1.165, 1.54) is 19.1 Å². The van der Waals surface area contributed by atoms with Crippen LogP contribution >= 0.6 is 0 Å². The van der Waals surface area contributed by atoms with Crippen molar-refractivity contribution in [1.82, 2.24) is 4.73 Å². The highest BCUT2D eigenvalue weighted by Crippen LogP contribution is 2.17. The van der Waals surface area contributed by atoms with Crippen molar-refractivity contribution in [3.63, 3.8) is 0 Å². The Kier molecular flexibility index (Phi) is 6.34. The zero-order valence-electron chi connectivity index (χ0n) is 14.4. The molecular formula is C19H15N3O5. The molecule has 0 bridgehead atoms. The Hall–Kier alpha value is -4.04. The second kappa shape index (κ2) is 8.88. The van der Waals surface area contributed by atoms with Crippen LogP contribution in [0.3, 0.4) is 0 Å². The maximum atomic E-state index is 12.4. The first-order valence-electron chi connectivity index (χ1n) is 7.76. The topological polar surface area (TPSA) is 125 Å². The minimum absolute atomic E-state index is 0.106.